The van der Waals surface area contributed by atoms with Crippen molar-refractivity contribution < 1.29 is 14.4 Å². The smallest absolute Gasteiger partial charge is 0.236 e. The molecule has 1 aromatic rings. The number of oxime groups is 1. The van der Waals surface area contributed by atoms with Crippen LogP contribution in [0.25, 0.3) is 0 Å². The van der Waals surface area contributed by atoms with Crippen molar-refractivity contribution in [2.24, 2.45) is 16.3 Å². The molecule has 20 heavy (non-hydrogen) atoms. The van der Waals surface area contributed by atoms with Gasteiger partial charge >= 0.3 is 0 Å². The van der Waals surface area contributed by atoms with E-state index in [1.165, 1.54) is 11.0 Å². The molecule has 6 heteroatoms. The van der Waals surface area contributed by atoms with Crippen molar-refractivity contribution in [3.63, 3.8) is 0 Å². The third kappa shape index (κ3) is 2.33. The normalized spacial score (nSPS) is 17.4. The van der Waals surface area contributed by atoms with Crippen molar-refractivity contribution in [3.8, 4) is 0 Å². The Morgan fingerprint density at radius 1 is 1.50 bits per heavy atom. The number of carbonyl (C=O) groups is 1. The summed E-state index contributed by atoms with van der Waals surface area (Å²) < 4.78 is 13.6. The zero-order chi connectivity index (χ0) is 14.8. The van der Waals surface area contributed by atoms with Crippen molar-refractivity contribution in [2.45, 2.75) is 25.8 Å². The first-order chi connectivity index (χ1) is 9.51. The van der Waals surface area contributed by atoms with Crippen molar-refractivity contribution in [1.29, 1.82) is 0 Å². The van der Waals surface area contributed by atoms with Gasteiger partial charge in [-0.2, -0.15) is 0 Å². The van der Waals surface area contributed by atoms with Crippen LogP contribution in [0, 0.1) is 11.2 Å². The van der Waals surface area contributed by atoms with Crippen LogP contribution in [0.2, 0.25) is 0 Å². The van der Waals surface area contributed by atoms with Crippen LogP contribution in [0.15, 0.2) is 29.4 Å². The first-order valence-electron chi connectivity index (χ1n) is 6.48. The second-order valence-electron chi connectivity index (χ2n) is 5.17. The van der Waals surface area contributed by atoms with Gasteiger partial charge in [0, 0.05) is 19.2 Å². The van der Waals surface area contributed by atoms with E-state index in [0.717, 1.165) is 6.42 Å². The summed E-state index contributed by atoms with van der Waals surface area (Å²) in [5, 5.41) is 11.8. The fourth-order valence-electron chi connectivity index (χ4n) is 2.52. The van der Waals surface area contributed by atoms with Crippen LogP contribution in [0.4, 0.5) is 4.39 Å². The van der Waals surface area contributed by atoms with E-state index >= 15 is 0 Å². The molecule has 1 amide bonds. The molecule has 108 valence electrons. The van der Waals surface area contributed by atoms with Gasteiger partial charge in [-0.05, 0) is 18.9 Å². The van der Waals surface area contributed by atoms with E-state index in [1.54, 1.807) is 25.2 Å². The third-order valence-corrected chi connectivity index (χ3v) is 3.93. The fraction of sp³-hybridized carbons (Fsp3) is 0.429. The standard InChI is InChI=1S/C14H18FN3O2/c1-18(9-10-5-2-3-6-11(10)15)13(19)14(7-4-8-14)12(16)17-20/h2-3,5-6,20H,4,7-9H2,1H3,(H2,16,17). The van der Waals surface area contributed by atoms with Crippen molar-refractivity contribution in [1.82, 2.24) is 4.90 Å². The van der Waals surface area contributed by atoms with Gasteiger partial charge in [-0.15, -0.1) is 0 Å². The molecule has 1 fully saturated rings. The number of carbonyl (C=O) groups excluding carboxylic acids is 1. The SMILES string of the molecule is CN(Cc1ccccc1F)C(=O)C1(/C(N)=N/O)CCC1. The molecule has 0 radical (unpaired) electrons. The Labute approximate surface area is 116 Å². The van der Waals surface area contributed by atoms with Crippen molar-refractivity contribution >= 4 is 11.7 Å². The average molecular weight is 279 g/mol. The number of nitrogens with zero attached hydrogens (tertiary/aromatic N) is 2. The van der Waals surface area contributed by atoms with Crippen LogP contribution < -0.4 is 5.73 Å². The minimum absolute atomic E-state index is 0.0610. The first kappa shape index (κ1) is 14.3. The van der Waals surface area contributed by atoms with E-state index < -0.39 is 5.41 Å². The van der Waals surface area contributed by atoms with Crippen molar-refractivity contribution in [2.75, 3.05) is 7.05 Å². The van der Waals surface area contributed by atoms with E-state index in [-0.39, 0.29) is 24.1 Å². The summed E-state index contributed by atoms with van der Waals surface area (Å²) in [4.78, 5) is 13.9. The Balaban J connectivity index is 2.15. The maximum atomic E-state index is 13.6. The number of benzene rings is 1. The van der Waals surface area contributed by atoms with E-state index in [2.05, 4.69) is 5.16 Å². The lowest BCUT2D eigenvalue weighted by Gasteiger charge is -2.41. The number of amides is 1. The quantitative estimate of drug-likeness (QED) is 0.381. The Bertz CT molecular complexity index is 541. The van der Waals surface area contributed by atoms with Crippen LogP contribution in [-0.4, -0.2) is 28.9 Å². The van der Waals surface area contributed by atoms with Gasteiger partial charge in [0.25, 0.3) is 0 Å². The molecular weight excluding hydrogens is 261 g/mol. The molecule has 1 aromatic carbocycles. The van der Waals surface area contributed by atoms with Gasteiger partial charge in [-0.25, -0.2) is 4.39 Å². The summed E-state index contributed by atoms with van der Waals surface area (Å²) in [7, 11) is 1.60. The molecule has 0 unspecified atom stereocenters. The number of hydrogen-bond donors (Lipinski definition) is 2. The number of rotatable bonds is 4. The molecule has 0 spiro atoms. The topological polar surface area (TPSA) is 78.9 Å². The second kappa shape index (κ2) is 5.48. The maximum absolute atomic E-state index is 13.6. The Morgan fingerprint density at radius 3 is 2.65 bits per heavy atom. The molecule has 5 nitrogen and oxygen atoms in total. The average Bonchev–Trinajstić information content (AvgIpc) is 2.39. The lowest BCUT2D eigenvalue weighted by molar-refractivity contribution is -0.141. The maximum Gasteiger partial charge on any atom is 0.236 e. The van der Waals surface area contributed by atoms with Crippen LogP contribution in [-0.2, 0) is 11.3 Å². The third-order valence-electron chi connectivity index (χ3n) is 3.93. The summed E-state index contributed by atoms with van der Waals surface area (Å²) in [6.07, 6.45) is 1.97. The molecule has 0 saturated heterocycles. The molecule has 2 rings (SSSR count). The molecular formula is C14H18FN3O2. The highest BCUT2D eigenvalue weighted by molar-refractivity contribution is 6.07. The highest BCUT2D eigenvalue weighted by Gasteiger charge is 2.49. The summed E-state index contributed by atoms with van der Waals surface area (Å²) in [6.45, 7) is 0.159. The molecule has 0 heterocycles. The molecule has 1 saturated carbocycles. The van der Waals surface area contributed by atoms with Gasteiger partial charge < -0.3 is 15.8 Å². The summed E-state index contributed by atoms with van der Waals surface area (Å²) in [5.41, 5.74) is 5.17. The van der Waals surface area contributed by atoms with E-state index in [4.69, 9.17) is 10.9 Å². The highest BCUT2D eigenvalue weighted by atomic mass is 19.1. The molecule has 1 aliphatic carbocycles. The largest absolute Gasteiger partial charge is 0.409 e. The Kier molecular flexibility index (Phi) is 3.92. The van der Waals surface area contributed by atoms with Gasteiger partial charge in [0.15, 0.2) is 5.84 Å². The number of halogens is 1. The van der Waals surface area contributed by atoms with Gasteiger partial charge in [-0.3, -0.25) is 4.79 Å². The zero-order valence-corrected chi connectivity index (χ0v) is 11.3. The lowest BCUT2D eigenvalue weighted by atomic mass is 9.67. The van der Waals surface area contributed by atoms with Gasteiger partial charge in [0.05, 0.1) is 0 Å². The molecule has 0 aromatic heterocycles. The molecule has 0 atom stereocenters. The number of amidine groups is 1. The van der Waals surface area contributed by atoms with E-state index in [9.17, 15) is 9.18 Å². The summed E-state index contributed by atoms with van der Waals surface area (Å²) in [6, 6.07) is 6.32. The predicted octanol–water partition coefficient (Wildman–Crippen LogP) is 1.70. The monoisotopic (exact) mass is 279 g/mol. The first-order valence-corrected chi connectivity index (χ1v) is 6.48. The number of nitrogens with two attached hydrogens (primary N) is 1. The fourth-order valence-corrected chi connectivity index (χ4v) is 2.52. The minimum Gasteiger partial charge on any atom is -0.409 e. The second-order valence-corrected chi connectivity index (χ2v) is 5.17. The van der Waals surface area contributed by atoms with Gasteiger partial charge in [0.2, 0.25) is 5.91 Å². The summed E-state index contributed by atoms with van der Waals surface area (Å²) in [5.74, 6) is -0.643. The van der Waals surface area contributed by atoms with Crippen LogP contribution in [0.5, 0.6) is 0 Å². The van der Waals surface area contributed by atoms with Crippen LogP contribution >= 0.6 is 0 Å². The predicted molar refractivity (Wildman–Crippen MR) is 72.6 cm³/mol. The van der Waals surface area contributed by atoms with E-state index in [0.29, 0.717) is 18.4 Å². The molecule has 0 bridgehead atoms. The Morgan fingerprint density at radius 2 is 2.15 bits per heavy atom. The molecule has 1 aliphatic rings. The van der Waals surface area contributed by atoms with Gasteiger partial charge in [0.1, 0.15) is 11.2 Å². The summed E-state index contributed by atoms with van der Waals surface area (Å²) >= 11 is 0. The van der Waals surface area contributed by atoms with Crippen LogP contribution in [0.3, 0.4) is 0 Å². The zero-order valence-electron chi connectivity index (χ0n) is 11.3. The number of hydrogen-bond acceptors (Lipinski definition) is 3. The van der Waals surface area contributed by atoms with Crippen molar-refractivity contribution in [3.05, 3.63) is 35.6 Å². The van der Waals surface area contributed by atoms with Gasteiger partial charge in [-0.1, -0.05) is 29.8 Å². The lowest BCUT2D eigenvalue weighted by Crippen LogP contribution is -2.54. The minimum atomic E-state index is -0.922. The molecule has 3 N–H and O–H groups in total. The highest BCUT2D eigenvalue weighted by Crippen LogP contribution is 2.42. The van der Waals surface area contributed by atoms with E-state index in [1.807, 2.05) is 0 Å². The Hall–Kier alpha value is -2.11. The molecule has 0 aliphatic heterocycles. The van der Waals surface area contributed by atoms with Crippen LogP contribution in [0.1, 0.15) is 24.8 Å².